The van der Waals surface area contributed by atoms with Crippen molar-refractivity contribution in [2.45, 2.75) is 6.54 Å². The van der Waals surface area contributed by atoms with E-state index in [9.17, 15) is 19.5 Å². The molecule has 0 saturated carbocycles. The van der Waals surface area contributed by atoms with Crippen LogP contribution in [0.25, 0.3) is 10.9 Å². The summed E-state index contributed by atoms with van der Waals surface area (Å²) in [5, 5.41) is 21.9. The molecule has 1 amide bonds. The molecule has 0 unspecified atom stereocenters. The number of pyridine rings is 1. The minimum atomic E-state index is -1.27. The van der Waals surface area contributed by atoms with Crippen LogP contribution in [0.4, 0.5) is 0 Å². The van der Waals surface area contributed by atoms with Crippen molar-refractivity contribution in [3.05, 3.63) is 63.9 Å². The molecule has 0 fully saturated rings. The molecule has 154 valence electrons. The number of carbonyl (C=O) groups is 2. The van der Waals surface area contributed by atoms with E-state index in [1.807, 2.05) is 30.3 Å². The van der Waals surface area contributed by atoms with E-state index in [2.05, 4.69) is 5.32 Å². The third-order valence-corrected chi connectivity index (χ3v) is 4.71. The summed E-state index contributed by atoms with van der Waals surface area (Å²) in [7, 11) is 0. The van der Waals surface area contributed by atoms with Crippen LogP contribution in [-0.4, -0.2) is 46.4 Å². The zero-order chi connectivity index (χ0) is 21.3. The van der Waals surface area contributed by atoms with Gasteiger partial charge in [0.1, 0.15) is 31.1 Å². The molecular formula is C21H18N2O7. The van der Waals surface area contributed by atoms with Gasteiger partial charge in [-0.05, 0) is 11.6 Å². The Balaban J connectivity index is 1.94. The molecule has 0 aliphatic carbocycles. The Hall–Kier alpha value is -4.01. The number of ether oxygens (including phenoxy) is 2. The average Bonchev–Trinajstić information content (AvgIpc) is 2.75. The fraction of sp³-hybridized carbons (Fsp3) is 0.190. The van der Waals surface area contributed by atoms with E-state index in [1.165, 1.54) is 10.6 Å². The summed E-state index contributed by atoms with van der Waals surface area (Å²) in [6.45, 7) is 0.128. The first kappa shape index (κ1) is 19.3. The number of fused-ring (bicyclic) bond motifs is 2. The Morgan fingerprint density at radius 3 is 2.40 bits per heavy atom. The molecule has 0 saturated heterocycles. The van der Waals surface area contributed by atoms with Crippen LogP contribution < -0.4 is 20.3 Å². The molecular weight excluding hydrogens is 392 g/mol. The molecule has 3 N–H and O–H groups in total. The second-order valence-corrected chi connectivity index (χ2v) is 6.69. The summed E-state index contributed by atoms with van der Waals surface area (Å²) >= 11 is 0. The van der Waals surface area contributed by atoms with Gasteiger partial charge < -0.3 is 29.6 Å². The maximum Gasteiger partial charge on any atom is 0.322 e. The number of aromatic nitrogens is 1. The zero-order valence-electron chi connectivity index (χ0n) is 15.8. The van der Waals surface area contributed by atoms with E-state index in [-0.39, 0.29) is 11.9 Å². The predicted molar refractivity (Wildman–Crippen MR) is 106 cm³/mol. The number of nitrogens with one attached hydrogen (secondary N) is 1. The summed E-state index contributed by atoms with van der Waals surface area (Å²) in [6, 6.07) is 12.2. The Morgan fingerprint density at radius 2 is 1.73 bits per heavy atom. The molecule has 1 aromatic heterocycles. The number of hydrogen-bond acceptors (Lipinski definition) is 6. The summed E-state index contributed by atoms with van der Waals surface area (Å²) in [4.78, 5) is 36.5. The number of hydrogen-bond donors (Lipinski definition) is 3. The molecule has 3 aromatic rings. The standard InChI is InChI=1S/C21H18N2O7/c24-17(25)10-22-20(27)18-19(26)13-8-15-16(30-7-6-29-15)9-14(13)23(21(18)28)11-12-4-2-1-3-5-12/h1-5,8-9,26H,6-7,10-11H2,(H,22,27)(H,24,25). The van der Waals surface area contributed by atoms with Gasteiger partial charge in [-0.3, -0.25) is 14.4 Å². The largest absolute Gasteiger partial charge is 0.506 e. The molecule has 2 heterocycles. The van der Waals surface area contributed by atoms with Crippen molar-refractivity contribution in [2.24, 2.45) is 0 Å². The molecule has 9 nitrogen and oxygen atoms in total. The third-order valence-electron chi connectivity index (χ3n) is 4.71. The summed E-state index contributed by atoms with van der Waals surface area (Å²) in [6.07, 6.45) is 0. The monoisotopic (exact) mass is 410 g/mol. The van der Waals surface area contributed by atoms with Crippen molar-refractivity contribution < 1.29 is 29.3 Å². The van der Waals surface area contributed by atoms with Gasteiger partial charge in [-0.15, -0.1) is 0 Å². The van der Waals surface area contributed by atoms with Crippen LogP contribution in [0.5, 0.6) is 17.2 Å². The minimum Gasteiger partial charge on any atom is -0.506 e. The second kappa shape index (κ2) is 7.78. The van der Waals surface area contributed by atoms with Crippen molar-refractivity contribution in [2.75, 3.05) is 19.8 Å². The van der Waals surface area contributed by atoms with E-state index >= 15 is 0 Å². The number of carboxylic acids is 1. The highest BCUT2D eigenvalue weighted by molar-refractivity contribution is 6.03. The Bertz CT molecular complexity index is 1200. The van der Waals surface area contributed by atoms with Gasteiger partial charge in [0.05, 0.1) is 12.1 Å². The lowest BCUT2D eigenvalue weighted by Gasteiger charge is -2.21. The quantitative estimate of drug-likeness (QED) is 0.579. The first-order valence-corrected chi connectivity index (χ1v) is 9.18. The van der Waals surface area contributed by atoms with E-state index in [4.69, 9.17) is 14.6 Å². The van der Waals surface area contributed by atoms with Crippen LogP contribution in [0, 0.1) is 0 Å². The smallest absolute Gasteiger partial charge is 0.322 e. The lowest BCUT2D eigenvalue weighted by molar-refractivity contribution is -0.135. The molecule has 4 rings (SSSR count). The van der Waals surface area contributed by atoms with Crippen molar-refractivity contribution in [3.63, 3.8) is 0 Å². The maximum absolute atomic E-state index is 13.2. The zero-order valence-corrected chi connectivity index (χ0v) is 15.8. The van der Waals surface area contributed by atoms with Gasteiger partial charge in [0, 0.05) is 11.5 Å². The van der Waals surface area contributed by atoms with Gasteiger partial charge >= 0.3 is 5.97 Å². The number of rotatable bonds is 5. The molecule has 9 heteroatoms. The number of aromatic hydroxyl groups is 1. The van der Waals surface area contributed by atoms with E-state index in [0.717, 1.165) is 5.56 Å². The first-order valence-electron chi connectivity index (χ1n) is 9.18. The highest BCUT2D eigenvalue weighted by atomic mass is 16.6. The second-order valence-electron chi connectivity index (χ2n) is 6.69. The highest BCUT2D eigenvalue weighted by Crippen LogP contribution is 2.38. The number of aliphatic carboxylic acids is 1. The Morgan fingerprint density at radius 1 is 1.07 bits per heavy atom. The van der Waals surface area contributed by atoms with Crippen LogP contribution in [-0.2, 0) is 11.3 Å². The summed E-state index contributed by atoms with van der Waals surface area (Å²) in [5.74, 6) is -1.98. The SMILES string of the molecule is O=C(O)CNC(=O)c1c(O)c2cc3c(cc2n(Cc2ccccc2)c1=O)OCCO3. The van der Waals surface area contributed by atoms with Gasteiger partial charge in [0.25, 0.3) is 11.5 Å². The maximum atomic E-state index is 13.2. The van der Waals surface area contributed by atoms with Crippen molar-refractivity contribution in [1.82, 2.24) is 9.88 Å². The third kappa shape index (κ3) is 3.52. The lowest BCUT2D eigenvalue weighted by Crippen LogP contribution is -2.36. The van der Waals surface area contributed by atoms with Crippen LogP contribution >= 0.6 is 0 Å². The number of carbonyl (C=O) groups excluding carboxylic acids is 1. The van der Waals surface area contributed by atoms with Crippen LogP contribution in [0.1, 0.15) is 15.9 Å². The normalized spacial score (nSPS) is 12.5. The van der Waals surface area contributed by atoms with Gasteiger partial charge in [0.2, 0.25) is 0 Å². The average molecular weight is 410 g/mol. The van der Waals surface area contributed by atoms with Crippen molar-refractivity contribution in [1.29, 1.82) is 0 Å². The number of nitrogens with zero attached hydrogens (tertiary/aromatic N) is 1. The highest BCUT2D eigenvalue weighted by Gasteiger charge is 2.25. The topological polar surface area (TPSA) is 127 Å². The van der Waals surface area contributed by atoms with Crippen molar-refractivity contribution in [3.8, 4) is 17.2 Å². The van der Waals surface area contributed by atoms with E-state index in [1.54, 1.807) is 6.07 Å². The van der Waals surface area contributed by atoms with Gasteiger partial charge in [-0.25, -0.2) is 0 Å². The van der Waals surface area contributed by atoms with E-state index < -0.39 is 35.3 Å². The van der Waals surface area contributed by atoms with Crippen LogP contribution in [0.3, 0.4) is 0 Å². The number of amides is 1. The van der Waals surface area contributed by atoms with Gasteiger partial charge in [-0.2, -0.15) is 0 Å². The summed E-state index contributed by atoms with van der Waals surface area (Å²) in [5.41, 5.74) is -0.112. The predicted octanol–water partition coefficient (Wildman–Crippen LogP) is 1.34. The van der Waals surface area contributed by atoms with Crippen molar-refractivity contribution >= 4 is 22.8 Å². The van der Waals surface area contributed by atoms with E-state index in [0.29, 0.717) is 30.2 Å². The first-order chi connectivity index (χ1) is 14.5. The molecule has 0 bridgehead atoms. The molecule has 0 atom stereocenters. The van der Waals surface area contributed by atoms with Gasteiger partial charge in [0.15, 0.2) is 11.5 Å². The molecule has 1 aliphatic rings. The van der Waals surface area contributed by atoms with Gasteiger partial charge in [-0.1, -0.05) is 30.3 Å². The van der Waals surface area contributed by atoms with Crippen LogP contribution in [0.2, 0.25) is 0 Å². The molecule has 1 aliphatic heterocycles. The fourth-order valence-electron chi connectivity index (χ4n) is 3.34. The molecule has 0 radical (unpaired) electrons. The summed E-state index contributed by atoms with van der Waals surface area (Å²) < 4.78 is 12.5. The minimum absolute atomic E-state index is 0.134. The molecule has 30 heavy (non-hydrogen) atoms. The van der Waals surface area contributed by atoms with Crippen LogP contribution in [0.15, 0.2) is 47.3 Å². The Labute approximate surface area is 170 Å². The fourth-order valence-corrected chi connectivity index (χ4v) is 3.34. The Kier molecular flexibility index (Phi) is 5.01. The molecule has 0 spiro atoms. The number of carboxylic acid groups (broad SMARTS) is 1. The lowest BCUT2D eigenvalue weighted by atomic mass is 10.1. The molecule has 2 aromatic carbocycles. The number of benzene rings is 2.